The van der Waals surface area contributed by atoms with Crippen LogP contribution in [0.4, 0.5) is 0 Å². The molecule has 1 aromatic carbocycles. The maximum atomic E-state index is 12.4. The summed E-state index contributed by atoms with van der Waals surface area (Å²) in [7, 11) is 3.12. The quantitative estimate of drug-likeness (QED) is 0.910. The molecule has 1 fully saturated rings. The van der Waals surface area contributed by atoms with Crippen molar-refractivity contribution in [3.05, 3.63) is 23.8 Å². The van der Waals surface area contributed by atoms with Crippen LogP contribution >= 0.6 is 12.4 Å². The molecular weight excluding hydrogens is 268 g/mol. The first kappa shape index (κ1) is 15.6. The van der Waals surface area contributed by atoms with Gasteiger partial charge in [0.05, 0.1) is 19.8 Å². The number of halogens is 1. The predicted molar refractivity (Wildman–Crippen MR) is 75.3 cm³/mol. The summed E-state index contributed by atoms with van der Waals surface area (Å²) in [6.07, 6.45) is 0.845. The van der Waals surface area contributed by atoms with Crippen molar-refractivity contribution in [3.8, 4) is 11.5 Å². The zero-order chi connectivity index (χ0) is 13.1. The van der Waals surface area contributed by atoms with Crippen molar-refractivity contribution >= 4 is 18.3 Å². The fourth-order valence-corrected chi connectivity index (χ4v) is 2.12. The van der Waals surface area contributed by atoms with Crippen LogP contribution in [-0.2, 0) is 0 Å². The number of hydrogen-bond acceptors (Lipinski definition) is 4. The Bertz CT molecular complexity index is 454. The van der Waals surface area contributed by atoms with Crippen LogP contribution < -0.4 is 15.2 Å². The van der Waals surface area contributed by atoms with Crippen LogP contribution in [-0.4, -0.2) is 44.2 Å². The van der Waals surface area contributed by atoms with Gasteiger partial charge in [-0.2, -0.15) is 0 Å². The molecule has 0 unspecified atom stereocenters. The van der Waals surface area contributed by atoms with Gasteiger partial charge >= 0.3 is 0 Å². The van der Waals surface area contributed by atoms with Crippen molar-refractivity contribution in [1.82, 2.24) is 4.90 Å². The number of carbonyl (C=O) groups is 1. The molecule has 0 saturated carbocycles. The molecule has 1 saturated heterocycles. The lowest BCUT2D eigenvalue weighted by atomic mass is 10.1. The molecule has 106 valence electrons. The van der Waals surface area contributed by atoms with Crippen molar-refractivity contribution in [2.75, 3.05) is 27.3 Å². The van der Waals surface area contributed by atoms with Gasteiger partial charge in [-0.1, -0.05) is 0 Å². The molecule has 2 N–H and O–H groups in total. The van der Waals surface area contributed by atoms with Gasteiger partial charge in [0.25, 0.3) is 5.91 Å². The van der Waals surface area contributed by atoms with Gasteiger partial charge in [0.1, 0.15) is 11.5 Å². The Balaban J connectivity index is 0.00000180. The zero-order valence-electron chi connectivity index (χ0n) is 11.1. The van der Waals surface area contributed by atoms with Crippen LogP contribution in [0.3, 0.4) is 0 Å². The van der Waals surface area contributed by atoms with Gasteiger partial charge in [0, 0.05) is 19.1 Å². The average molecular weight is 287 g/mol. The first-order valence-corrected chi connectivity index (χ1v) is 5.92. The average Bonchev–Trinajstić information content (AvgIpc) is 2.83. The molecule has 1 aliphatic heterocycles. The molecule has 19 heavy (non-hydrogen) atoms. The van der Waals surface area contributed by atoms with Crippen LogP contribution in [0.15, 0.2) is 18.2 Å². The lowest BCUT2D eigenvalue weighted by Gasteiger charge is -2.18. The second-order valence-corrected chi connectivity index (χ2v) is 4.37. The van der Waals surface area contributed by atoms with E-state index in [4.69, 9.17) is 15.2 Å². The first-order valence-electron chi connectivity index (χ1n) is 5.92. The first-order chi connectivity index (χ1) is 8.65. The molecule has 1 amide bonds. The Labute approximate surface area is 119 Å². The molecule has 1 heterocycles. The predicted octanol–water partition coefficient (Wildman–Crippen LogP) is 1.30. The fraction of sp³-hybridized carbons (Fsp3) is 0.462. The van der Waals surface area contributed by atoms with E-state index in [1.165, 1.54) is 0 Å². The lowest BCUT2D eigenvalue weighted by Crippen LogP contribution is -2.32. The van der Waals surface area contributed by atoms with E-state index in [-0.39, 0.29) is 24.4 Å². The monoisotopic (exact) mass is 286 g/mol. The third kappa shape index (κ3) is 3.30. The van der Waals surface area contributed by atoms with E-state index in [2.05, 4.69) is 0 Å². The van der Waals surface area contributed by atoms with Crippen molar-refractivity contribution in [3.63, 3.8) is 0 Å². The number of likely N-dealkylation sites (tertiary alicyclic amines) is 1. The smallest absolute Gasteiger partial charge is 0.257 e. The van der Waals surface area contributed by atoms with Gasteiger partial charge in [-0.15, -0.1) is 12.4 Å². The summed E-state index contributed by atoms with van der Waals surface area (Å²) >= 11 is 0. The molecule has 0 aromatic heterocycles. The number of hydrogen-bond donors (Lipinski definition) is 1. The van der Waals surface area contributed by atoms with Crippen LogP contribution in [0.1, 0.15) is 16.8 Å². The zero-order valence-corrected chi connectivity index (χ0v) is 11.9. The van der Waals surface area contributed by atoms with Crippen LogP contribution in [0.25, 0.3) is 0 Å². The number of nitrogens with two attached hydrogens (primary N) is 1. The molecule has 0 bridgehead atoms. The molecule has 1 atom stereocenters. The Morgan fingerprint density at radius 3 is 2.63 bits per heavy atom. The van der Waals surface area contributed by atoms with Gasteiger partial charge in [0.2, 0.25) is 0 Å². The molecule has 0 spiro atoms. The van der Waals surface area contributed by atoms with E-state index in [0.717, 1.165) is 6.42 Å². The van der Waals surface area contributed by atoms with Gasteiger partial charge < -0.3 is 20.1 Å². The van der Waals surface area contributed by atoms with Crippen molar-refractivity contribution in [2.45, 2.75) is 12.5 Å². The van der Waals surface area contributed by atoms with Crippen molar-refractivity contribution in [2.24, 2.45) is 5.73 Å². The van der Waals surface area contributed by atoms with E-state index in [1.54, 1.807) is 37.3 Å². The summed E-state index contributed by atoms with van der Waals surface area (Å²) in [4.78, 5) is 14.1. The summed E-state index contributed by atoms with van der Waals surface area (Å²) in [5.41, 5.74) is 6.34. The minimum Gasteiger partial charge on any atom is -0.497 e. The molecule has 5 nitrogen and oxygen atoms in total. The number of ether oxygens (including phenoxy) is 2. The van der Waals surface area contributed by atoms with Crippen LogP contribution in [0.2, 0.25) is 0 Å². The molecule has 2 rings (SSSR count). The standard InChI is InChI=1S/C13H18N2O3.ClH/c1-17-10-3-4-12(18-2)11(7-10)13(16)15-6-5-9(14)8-15;/h3-4,7,9H,5-6,8,14H2,1-2H3;1H/t9-;/m1./s1. The van der Waals surface area contributed by atoms with Gasteiger partial charge in [0.15, 0.2) is 0 Å². The summed E-state index contributed by atoms with van der Waals surface area (Å²) in [6.45, 7) is 1.29. The van der Waals surface area contributed by atoms with Gasteiger partial charge in [-0.05, 0) is 24.6 Å². The van der Waals surface area contributed by atoms with E-state index >= 15 is 0 Å². The SMILES string of the molecule is COc1ccc(OC)c(C(=O)N2CC[C@@H](N)C2)c1.Cl. The second kappa shape index (κ2) is 6.63. The largest absolute Gasteiger partial charge is 0.497 e. The number of methoxy groups -OCH3 is 2. The molecule has 0 aliphatic carbocycles. The van der Waals surface area contributed by atoms with E-state index in [0.29, 0.717) is 30.2 Å². The third-order valence-corrected chi connectivity index (χ3v) is 3.15. The van der Waals surface area contributed by atoms with Gasteiger partial charge in [-0.3, -0.25) is 4.79 Å². The number of rotatable bonds is 3. The lowest BCUT2D eigenvalue weighted by molar-refractivity contribution is 0.0787. The Morgan fingerprint density at radius 2 is 2.11 bits per heavy atom. The molecule has 0 radical (unpaired) electrons. The Hall–Kier alpha value is -1.46. The molecule has 6 heteroatoms. The summed E-state index contributed by atoms with van der Waals surface area (Å²) < 4.78 is 10.4. The molecular formula is C13H19ClN2O3. The topological polar surface area (TPSA) is 64.8 Å². The molecule has 1 aromatic rings. The van der Waals surface area contributed by atoms with E-state index in [9.17, 15) is 4.79 Å². The van der Waals surface area contributed by atoms with Gasteiger partial charge in [-0.25, -0.2) is 0 Å². The summed E-state index contributed by atoms with van der Waals surface area (Å²) in [5, 5.41) is 0. The highest BCUT2D eigenvalue weighted by Crippen LogP contribution is 2.26. The number of amides is 1. The third-order valence-electron chi connectivity index (χ3n) is 3.15. The van der Waals surface area contributed by atoms with Crippen LogP contribution in [0.5, 0.6) is 11.5 Å². The fourth-order valence-electron chi connectivity index (χ4n) is 2.12. The summed E-state index contributed by atoms with van der Waals surface area (Å²) in [6, 6.07) is 5.28. The minimum atomic E-state index is -0.0568. The van der Waals surface area contributed by atoms with E-state index in [1.807, 2.05) is 0 Å². The molecule has 1 aliphatic rings. The Morgan fingerprint density at radius 1 is 1.37 bits per heavy atom. The number of nitrogens with zero attached hydrogens (tertiary/aromatic N) is 1. The number of benzene rings is 1. The van der Waals surface area contributed by atoms with Crippen molar-refractivity contribution < 1.29 is 14.3 Å². The highest BCUT2D eigenvalue weighted by molar-refractivity contribution is 5.97. The normalized spacial score (nSPS) is 17.8. The number of carbonyl (C=O) groups excluding carboxylic acids is 1. The minimum absolute atomic E-state index is 0. The Kier molecular flexibility index (Phi) is 5.44. The second-order valence-electron chi connectivity index (χ2n) is 4.37. The van der Waals surface area contributed by atoms with Crippen LogP contribution in [0, 0.1) is 0 Å². The highest BCUT2D eigenvalue weighted by Gasteiger charge is 2.26. The summed E-state index contributed by atoms with van der Waals surface area (Å²) in [5.74, 6) is 1.14. The maximum absolute atomic E-state index is 12.4. The van der Waals surface area contributed by atoms with Crippen molar-refractivity contribution in [1.29, 1.82) is 0 Å². The maximum Gasteiger partial charge on any atom is 0.257 e. The highest BCUT2D eigenvalue weighted by atomic mass is 35.5. The van der Waals surface area contributed by atoms with E-state index < -0.39 is 0 Å².